The highest BCUT2D eigenvalue weighted by molar-refractivity contribution is 5.64. The molecule has 0 unspecified atom stereocenters. The van der Waals surface area contributed by atoms with E-state index in [9.17, 15) is 4.79 Å². The lowest BCUT2D eigenvalue weighted by Crippen LogP contribution is -2.25. The average molecular weight is 254 g/mol. The predicted molar refractivity (Wildman–Crippen MR) is 65.9 cm³/mol. The Kier molecular flexibility index (Phi) is 4.97. The lowest BCUT2D eigenvalue weighted by molar-refractivity contribution is 0.0206. The van der Waals surface area contributed by atoms with Gasteiger partial charge in [-0.2, -0.15) is 0 Å². The Morgan fingerprint density at radius 1 is 1.28 bits per heavy atom. The van der Waals surface area contributed by atoms with Crippen LogP contribution in [0.3, 0.4) is 0 Å². The van der Waals surface area contributed by atoms with Crippen molar-refractivity contribution in [2.24, 2.45) is 0 Å². The van der Waals surface area contributed by atoms with Gasteiger partial charge in [0.2, 0.25) is 0 Å². The molecule has 0 aromatic heterocycles. The molecule has 0 spiro atoms. The second kappa shape index (κ2) is 6.26. The van der Waals surface area contributed by atoms with Gasteiger partial charge >= 0.3 is 6.16 Å². The molecule has 0 saturated carbocycles. The second-order valence-corrected chi connectivity index (χ2v) is 4.61. The van der Waals surface area contributed by atoms with Crippen LogP contribution in [0.15, 0.2) is 24.3 Å². The van der Waals surface area contributed by atoms with E-state index in [4.69, 9.17) is 19.3 Å². The Morgan fingerprint density at radius 2 is 1.94 bits per heavy atom. The van der Waals surface area contributed by atoms with Crippen molar-refractivity contribution in [3.63, 3.8) is 0 Å². The molecule has 0 radical (unpaired) electrons. The van der Waals surface area contributed by atoms with Crippen molar-refractivity contribution in [3.05, 3.63) is 24.3 Å². The fraction of sp³-hybridized carbons (Fsp3) is 0.462. The predicted octanol–water partition coefficient (Wildman–Crippen LogP) is 2.37. The Morgan fingerprint density at radius 3 is 2.56 bits per heavy atom. The third kappa shape index (κ3) is 5.54. The minimum atomic E-state index is -0.762. The Labute approximate surface area is 106 Å². The van der Waals surface area contributed by atoms with E-state index in [1.165, 1.54) is 0 Å². The monoisotopic (exact) mass is 254 g/mol. The standard InChI is InChI=1S/C13H18O5/c1-13(2,3)18-12(15)17-11-6-4-5-10(9-11)16-8-7-14/h4-6,9,14H,7-8H2,1-3H3. The summed E-state index contributed by atoms with van der Waals surface area (Å²) < 4.78 is 15.2. The number of aliphatic hydroxyl groups excluding tert-OH is 1. The maximum absolute atomic E-state index is 11.4. The van der Waals surface area contributed by atoms with Gasteiger partial charge in [-0.1, -0.05) is 6.07 Å². The van der Waals surface area contributed by atoms with Gasteiger partial charge in [-0.25, -0.2) is 4.79 Å². The average Bonchev–Trinajstić information content (AvgIpc) is 2.24. The molecular weight excluding hydrogens is 236 g/mol. The largest absolute Gasteiger partial charge is 0.514 e. The van der Waals surface area contributed by atoms with Gasteiger partial charge < -0.3 is 19.3 Å². The molecule has 0 aliphatic rings. The smallest absolute Gasteiger partial charge is 0.491 e. The molecule has 1 aromatic carbocycles. The summed E-state index contributed by atoms with van der Waals surface area (Å²) in [5.41, 5.74) is -0.595. The van der Waals surface area contributed by atoms with E-state index in [-0.39, 0.29) is 13.2 Å². The summed E-state index contributed by atoms with van der Waals surface area (Å²) >= 11 is 0. The van der Waals surface area contributed by atoms with Crippen LogP contribution >= 0.6 is 0 Å². The van der Waals surface area contributed by atoms with E-state index in [0.717, 1.165) is 0 Å². The Balaban J connectivity index is 2.59. The minimum absolute atomic E-state index is 0.0723. The van der Waals surface area contributed by atoms with E-state index >= 15 is 0 Å². The summed E-state index contributed by atoms with van der Waals surface area (Å²) in [6.45, 7) is 5.40. The van der Waals surface area contributed by atoms with Crippen LogP contribution in [0.4, 0.5) is 4.79 Å². The molecule has 1 rings (SSSR count). The molecule has 0 saturated heterocycles. The Bertz CT molecular complexity index is 395. The molecule has 1 N–H and O–H groups in total. The van der Waals surface area contributed by atoms with Crippen molar-refractivity contribution in [1.29, 1.82) is 0 Å². The number of hydrogen-bond donors (Lipinski definition) is 1. The first-order valence-corrected chi connectivity index (χ1v) is 5.65. The number of carbonyl (C=O) groups excluding carboxylic acids is 1. The molecule has 5 nitrogen and oxygen atoms in total. The normalized spacial score (nSPS) is 10.9. The second-order valence-electron chi connectivity index (χ2n) is 4.61. The third-order valence-corrected chi connectivity index (χ3v) is 1.76. The highest BCUT2D eigenvalue weighted by Crippen LogP contribution is 2.20. The van der Waals surface area contributed by atoms with Gasteiger partial charge in [0.15, 0.2) is 0 Å². The van der Waals surface area contributed by atoms with Crippen LogP contribution in [0, 0.1) is 0 Å². The minimum Gasteiger partial charge on any atom is -0.491 e. The summed E-state index contributed by atoms with van der Waals surface area (Å²) in [4.78, 5) is 11.4. The van der Waals surface area contributed by atoms with Crippen LogP contribution in [0.1, 0.15) is 20.8 Å². The zero-order chi connectivity index (χ0) is 13.6. The molecule has 100 valence electrons. The number of benzene rings is 1. The molecular formula is C13H18O5. The number of carbonyl (C=O) groups is 1. The molecule has 0 bridgehead atoms. The van der Waals surface area contributed by atoms with Crippen LogP contribution in [0.25, 0.3) is 0 Å². The zero-order valence-corrected chi connectivity index (χ0v) is 10.8. The van der Waals surface area contributed by atoms with Gasteiger partial charge in [0.05, 0.1) is 6.61 Å². The van der Waals surface area contributed by atoms with Gasteiger partial charge in [-0.3, -0.25) is 0 Å². The third-order valence-electron chi connectivity index (χ3n) is 1.76. The van der Waals surface area contributed by atoms with E-state index < -0.39 is 11.8 Å². The van der Waals surface area contributed by atoms with Gasteiger partial charge in [-0.05, 0) is 32.9 Å². The quantitative estimate of drug-likeness (QED) is 0.660. The van der Waals surface area contributed by atoms with Gasteiger partial charge in [0, 0.05) is 6.07 Å². The summed E-state index contributed by atoms with van der Waals surface area (Å²) in [7, 11) is 0. The van der Waals surface area contributed by atoms with Crippen LogP contribution < -0.4 is 9.47 Å². The van der Waals surface area contributed by atoms with Crippen molar-refractivity contribution in [1.82, 2.24) is 0 Å². The summed E-state index contributed by atoms with van der Waals surface area (Å²) in [6, 6.07) is 6.57. The topological polar surface area (TPSA) is 65.0 Å². The maximum atomic E-state index is 11.4. The van der Waals surface area contributed by atoms with Gasteiger partial charge in [-0.15, -0.1) is 0 Å². The van der Waals surface area contributed by atoms with Crippen LogP contribution in [-0.4, -0.2) is 30.1 Å². The van der Waals surface area contributed by atoms with E-state index in [1.54, 1.807) is 45.0 Å². The number of rotatable bonds is 4. The number of hydrogen-bond acceptors (Lipinski definition) is 5. The van der Waals surface area contributed by atoms with Crippen molar-refractivity contribution in [2.45, 2.75) is 26.4 Å². The fourth-order valence-electron chi connectivity index (χ4n) is 1.16. The van der Waals surface area contributed by atoms with E-state index in [1.807, 2.05) is 0 Å². The van der Waals surface area contributed by atoms with Gasteiger partial charge in [0.25, 0.3) is 0 Å². The number of aliphatic hydroxyl groups is 1. The van der Waals surface area contributed by atoms with Crippen LogP contribution in [0.5, 0.6) is 11.5 Å². The van der Waals surface area contributed by atoms with Crippen LogP contribution in [-0.2, 0) is 4.74 Å². The lowest BCUT2D eigenvalue weighted by Gasteiger charge is -2.18. The molecule has 0 amide bonds. The summed E-state index contributed by atoms with van der Waals surface area (Å²) in [6.07, 6.45) is -0.762. The lowest BCUT2D eigenvalue weighted by atomic mass is 10.2. The molecule has 0 fully saturated rings. The first-order chi connectivity index (χ1) is 8.40. The van der Waals surface area contributed by atoms with Crippen molar-refractivity contribution < 1.29 is 24.1 Å². The van der Waals surface area contributed by atoms with Gasteiger partial charge in [0.1, 0.15) is 23.7 Å². The maximum Gasteiger partial charge on any atom is 0.514 e. The zero-order valence-electron chi connectivity index (χ0n) is 10.8. The molecule has 0 atom stereocenters. The SMILES string of the molecule is CC(C)(C)OC(=O)Oc1cccc(OCCO)c1. The van der Waals surface area contributed by atoms with Crippen molar-refractivity contribution in [3.8, 4) is 11.5 Å². The molecule has 5 heteroatoms. The summed E-state index contributed by atoms with van der Waals surface area (Å²) in [5.74, 6) is 0.852. The highest BCUT2D eigenvalue weighted by Gasteiger charge is 2.18. The van der Waals surface area contributed by atoms with E-state index in [0.29, 0.717) is 11.5 Å². The van der Waals surface area contributed by atoms with E-state index in [2.05, 4.69) is 0 Å². The first kappa shape index (κ1) is 14.3. The fourth-order valence-corrected chi connectivity index (χ4v) is 1.16. The molecule has 0 heterocycles. The highest BCUT2D eigenvalue weighted by atomic mass is 16.7. The van der Waals surface area contributed by atoms with Crippen molar-refractivity contribution in [2.75, 3.05) is 13.2 Å². The Hall–Kier alpha value is -1.75. The molecule has 0 aliphatic carbocycles. The molecule has 0 aliphatic heterocycles. The number of ether oxygens (including phenoxy) is 3. The first-order valence-electron chi connectivity index (χ1n) is 5.65. The summed E-state index contributed by atoms with van der Waals surface area (Å²) in [5, 5.41) is 8.64. The molecule has 1 aromatic rings. The van der Waals surface area contributed by atoms with Crippen molar-refractivity contribution >= 4 is 6.16 Å². The van der Waals surface area contributed by atoms with Crippen LogP contribution in [0.2, 0.25) is 0 Å². The molecule has 18 heavy (non-hydrogen) atoms.